The number of carbonyl (C=O) groups is 2. The second-order valence-electron chi connectivity index (χ2n) is 4.86. The topological polar surface area (TPSA) is 46.6 Å². The summed E-state index contributed by atoms with van der Waals surface area (Å²) in [5.74, 6) is -0.776. The van der Waals surface area contributed by atoms with E-state index in [-0.39, 0.29) is 12.3 Å². The zero-order valence-corrected chi connectivity index (χ0v) is 12.8. The molecule has 1 rings (SSSR count). The minimum atomic E-state index is -0.524. The fraction of sp³-hybridized carbons (Fsp3) is 0.353. The minimum Gasteiger partial charge on any atom is -0.469 e. The average molecular weight is 287 g/mol. The second-order valence-corrected chi connectivity index (χ2v) is 4.86. The van der Waals surface area contributed by atoms with Crippen LogP contribution in [0.15, 0.2) is 47.7 Å². The number of hydrogen-bond acceptors (Lipinski definition) is 3. The van der Waals surface area contributed by atoms with Gasteiger partial charge in [-0.25, -0.2) is 0 Å². The molecule has 0 N–H and O–H groups in total. The van der Waals surface area contributed by atoms with Gasteiger partial charge in [-0.15, -0.1) is 5.73 Å². The fourth-order valence-corrected chi connectivity index (χ4v) is 1.73. The van der Waals surface area contributed by atoms with E-state index in [0.717, 1.165) is 11.1 Å². The molecule has 1 aromatic rings. The van der Waals surface area contributed by atoms with Crippen LogP contribution in [-0.4, -0.2) is 30.4 Å². The van der Waals surface area contributed by atoms with E-state index in [1.807, 2.05) is 44.2 Å². The molecule has 0 spiro atoms. The van der Waals surface area contributed by atoms with Gasteiger partial charge in [0.2, 0.25) is 5.91 Å². The van der Waals surface area contributed by atoms with Crippen molar-refractivity contribution in [2.24, 2.45) is 0 Å². The highest BCUT2D eigenvalue weighted by Crippen LogP contribution is 2.07. The van der Waals surface area contributed by atoms with Gasteiger partial charge in [-0.05, 0) is 31.1 Å². The normalized spacial score (nSPS) is 9.48. The monoisotopic (exact) mass is 287 g/mol. The molecule has 0 aliphatic heterocycles. The highest BCUT2D eigenvalue weighted by atomic mass is 16.5. The molecule has 0 aliphatic rings. The van der Waals surface area contributed by atoms with Gasteiger partial charge >= 0.3 is 5.97 Å². The van der Waals surface area contributed by atoms with E-state index < -0.39 is 5.97 Å². The quantitative estimate of drug-likeness (QED) is 0.459. The summed E-state index contributed by atoms with van der Waals surface area (Å²) in [5, 5.41) is 0. The number of rotatable bonds is 6. The molecule has 21 heavy (non-hydrogen) atoms. The minimum absolute atomic E-state index is 0.244. The molecule has 0 bridgehead atoms. The van der Waals surface area contributed by atoms with Gasteiger partial charge in [0, 0.05) is 13.1 Å². The Labute approximate surface area is 125 Å². The molecule has 1 amide bonds. The van der Waals surface area contributed by atoms with Crippen LogP contribution in [0, 0.1) is 0 Å². The Morgan fingerprint density at radius 2 is 1.90 bits per heavy atom. The van der Waals surface area contributed by atoms with Crippen molar-refractivity contribution in [3.05, 3.63) is 53.3 Å². The molecule has 0 fully saturated rings. The number of hydrogen-bond donors (Lipinski definition) is 0. The van der Waals surface area contributed by atoms with Crippen LogP contribution in [-0.2, 0) is 20.9 Å². The van der Waals surface area contributed by atoms with Gasteiger partial charge in [0.15, 0.2) is 0 Å². The first-order chi connectivity index (χ1) is 10.0. The Balaban J connectivity index is 2.81. The smallest absolute Gasteiger partial charge is 0.315 e. The first-order valence-electron chi connectivity index (χ1n) is 6.79. The van der Waals surface area contributed by atoms with Crippen molar-refractivity contribution >= 4 is 11.9 Å². The summed E-state index contributed by atoms with van der Waals surface area (Å²) >= 11 is 0. The van der Waals surface area contributed by atoms with Crippen LogP contribution in [0.3, 0.4) is 0 Å². The van der Waals surface area contributed by atoms with Crippen molar-refractivity contribution in [2.45, 2.75) is 26.8 Å². The van der Waals surface area contributed by atoms with Crippen LogP contribution in [0.2, 0.25) is 0 Å². The van der Waals surface area contributed by atoms with Crippen LogP contribution in [0.5, 0.6) is 0 Å². The maximum atomic E-state index is 12.2. The third kappa shape index (κ3) is 6.59. The van der Waals surface area contributed by atoms with Crippen molar-refractivity contribution in [3.63, 3.8) is 0 Å². The van der Waals surface area contributed by atoms with Gasteiger partial charge in [0.05, 0.1) is 7.11 Å². The molecule has 0 radical (unpaired) electrons. The average Bonchev–Trinajstić information content (AvgIpc) is 2.46. The van der Waals surface area contributed by atoms with E-state index in [9.17, 15) is 9.59 Å². The lowest BCUT2D eigenvalue weighted by molar-refractivity contribution is -0.146. The summed E-state index contributed by atoms with van der Waals surface area (Å²) in [6.45, 7) is 4.75. The van der Waals surface area contributed by atoms with Crippen LogP contribution in [0.25, 0.3) is 0 Å². The van der Waals surface area contributed by atoms with E-state index in [4.69, 9.17) is 0 Å². The van der Waals surface area contributed by atoms with Crippen molar-refractivity contribution < 1.29 is 14.3 Å². The second kappa shape index (κ2) is 8.77. The lowest BCUT2D eigenvalue weighted by atomic mass is 10.2. The van der Waals surface area contributed by atoms with Gasteiger partial charge in [-0.3, -0.25) is 9.59 Å². The molecule has 1 aromatic carbocycles. The summed E-state index contributed by atoms with van der Waals surface area (Å²) < 4.78 is 4.55. The summed E-state index contributed by atoms with van der Waals surface area (Å²) in [5.41, 5.74) is 5.12. The van der Waals surface area contributed by atoms with E-state index in [1.165, 1.54) is 7.11 Å². The molecule has 4 heteroatoms. The van der Waals surface area contributed by atoms with E-state index in [0.29, 0.717) is 13.1 Å². The molecule has 112 valence electrons. The number of methoxy groups -OCH3 is 1. The van der Waals surface area contributed by atoms with Gasteiger partial charge in [-0.2, -0.15) is 0 Å². The third-order valence-electron chi connectivity index (χ3n) is 2.79. The first-order valence-corrected chi connectivity index (χ1v) is 6.79. The summed E-state index contributed by atoms with van der Waals surface area (Å²) in [4.78, 5) is 25.0. The number of benzene rings is 1. The van der Waals surface area contributed by atoms with Crippen molar-refractivity contribution in [1.82, 2.24) is 4.90 Å². The fourth-order valence-electron chi connectivity index (χ4n) is 1.73. The Kier molecular flexibility index (Phi) is 6.99. The standard InChI is InChI=1S/C17H21NO3/c1-14(2)8-7-11-18(16(19)12-17(20)21-3)13-15-9-5-4-6-10-15/h4-7,9-10H,11-13H2,1-3H3. The Hall–Kier alpha value is -2.32. The highest BCUT2D eigenvalue weighted by Gasteiger charge is 2.17. The number of nitrogens with zero attached hydrogens (tertiary/aromatic N) is 1. The highest BCUT2D eigenvalue weighted by molar-refractivity contribution is 5.94. The first kappa shape index (κ1) is 16.7. The molecule has 0 saturated heterocycles. The van der Waals surface area contributed by atoms with E-state index in [2.05, 4.69) is 10.5 Å². The third-order valence-corrected chi connectivity index (χ3v) is 2.79. The van der Waals surface area contributed by atoms with Gasteiger partial charge in [-0.1, -0.05) is 30.3 Å². The predicted octanol–water partition coefficient (Wildman–Crippen LogP) is 2.70. The number of carbonyl (C=O) groups excluding carboxylic acids is 2. The molecular weight excluding hydrogens is 266 g/mol. The number of esters is 1. The van der Waals surface area contributed by atoms with Crippen LogP contribution in [0.1, 0.15) is 25.8 Å². The molecule has 0 aliphatic carbocycles. The van der Waals surface area contributed by atoms with E-state index >= 15 is 0 Å². The lowest BCUT2D eigenvalue weighted by Gasteiger charge is -2.20. The summed E-state index contributed by atoms with van der Waals surface area (Å²) in [7, 11) is 1.28. The van der Waals surface area contributed by atoms with Crippen molar-refractivity contribution in [3.8, 4) is 0 Å². The Morgan fingerprint density at radius 3 is 2.48 bits per heavy atom. The molecule has 0 atom stereocenters. The van der Waals surface area contributed by atoms with E-state index in [1.54, 1.807) is 11.0 Å². The van der Waals surface area contributed by atoms with Crippen LogP contribution < -0.4 is 0 Å². The maximum absolute atomic E-state index is 12.2. The van der Waals surface area contributed by atoms with Gasteiger partial charge in [0.1, 0.15) is 6.42 Å². The molecule has 0 aromatic heterocycles. The number of amides is 1. The summed E-state index contributed by atoms with van der Waals surface area (Å²) in [6, 6.07) is 9.66. The molecular formula is C17H21NO3. The Morgan fingerprint density at radius 1 is 1.24 bits per heavy atom. The largest absolute Gasteiger partial charge is 0.469 e. The molecule has 0 saturated carbocycles. The zero-order chi connectivity index (χ0) is 15.7. The molecule has 0 heterocycles. The zero-order valence-electron chi connectivity index (χ0n) is 12.8. The number of ether oxygens (including phenoxy) is 1. The lowest BCUT2D eigenvalue weighted by Crippen LogP contribution is -2.32. The SMILES string of the molecule is COC(=O)CC(=O)N(CC=C=C(C)C)Cc1ccccc1. The molecule has 4 nitrogen and oxygen atoms in total. The Bertz CT molecular complexity index is 538. The molecule has 0 unspecified atom stereocenters. The van der Waals surface area contributed by atoms with Gasteiger partial charge < -0.3 is 9.64 Å². The van der Waals surface area contributed by atoms with Crippen LogP contribution >= 0.6 is 0 Å². The van der Waals surface area contributed by atoms with Crippen molar-refractivity contribution in [1.29, 1.82) is 0 Å². The van der Waals surface area contributed by atoms with Crippen LogP contribution in [0.4, 0.5) is 0 Å². The predicted molar refractivity (Wildman–Crippen MR) is 81.4 cm³/mol. The summed E-state index contributed by atoms with van der Waals surface area (Å²) in [6.07, 6.45) is 1.56. The van der Waals surface area contributed by atoms with Crippen molar-refractivity contribution in [2.75, 3.05) is 13.7 Å². The maximum Gasteiger partial charge on any atom is 0.315 e. The van der Waals surface area contributed by atoms with Gasteiger partial charge in [0.25, 0.3) is 0 Å².